The molecule has 0 aliphatic carbocycles. The molecule has 2 rings (SSSR count). The fraction of sp³-hybridized carbons (Fsp3) is 0.250. The normalized spacial score (nSPS) is 14.1. The summed E-state index contributed by atoms with van der Waals surface area (Å²) in [6.07, 6.45) is 2.24. The first-order valence-electron chi connectivity index (χ1n) is 5.53. The number of carbonyl (C=O) groups excluding carboxylic acids is 1. The number of aromatic nitrogens is 3. The summed E-state index contributed by atoms with van der Waals surface area (Å²) in [4.78, 5) is 16.0. The standard InChI is InChI=1S/C12H10Cl2FN3O/c1-2-12(15,18-7-16-6-17-18)11(19)9-4-3-8(13)5-10(9)14/h3-7H,2H2,1H3. The zero-order chi connectivity index (χ0) is 14.0. The van der Waals surface area contributed by atoms with Crippen LogP contribution in [0.25, 0.3) is 0 Å². The quantitative estimate of drug-likeness (QED) is 0.812. The van der Waals surface area contributed by atoms with E-state index in [0.29, 0.717) is 5.02 Å². The Hall–Kier alpha value is -1.46. The molecule has 4 nitrogen and oxygen atoms in total. The van der Waals surface area contributed by atoms with Gasteiger partial charge in [0, 0.05) is 17.0 Å². The number of alkyl halides is 1. The zero-order valence-corrected chi connectivity index (χ0v) is 11.5. The number of rotatable bonds is 4. The lowest BCUT2D eigenvalue weighted by atomic mass is 10.00. The molecule has 0 aliphatic rings. The molecular formula is C12H10Cl2FN3O. The van der Waals surface area contributed by atoms with E-state index >= 15 is 0 Å². The Morgan fingerprint density at radius 2 is 2.21 bits per heavy atom. The molecule has 1 atom stereocenters. The van der Waals surface area contributed by atoms with E-state index in [1.54, 1.807) is 6.92 Å². The molecule has 0 aliphatic heterocycles. The predicted molar refractivity (Wildman–Crippen MR) is 70.2 cm³/mol. The predicted octanol–water partition coefficient (Wildman–Crippen LogP) is 3.50. The molecule has 0 saturated heterocycles. The summed E-state index contributed by atoms with van der Waals surface area (Å²) >= 11 is 11.7. The van der Waals surface area contributed by atoms with E-state index < -0.39 is 11.6 Å². The highest BCUT2D eigenvalue weighted by molar-refractivity contribution is 6.37. The van der Waals surface area contributed by atoms with Gasteiger partial charge in [-0.1, -0.05) is 30.1 Å². The summed E-state index contributed by atoms with van der Waals surface area (Å²) in [6, 6.07) is 4.28. The summed E-state index contributed by atoms with van der Waals surface area (Å²) < 4.78 is 15.8. The van der Waals surface area contributed by atoms with Crippen LogP contribution in [0.2, 0.25) is 10.0 Å². The van der Waals surface area contributed by atoms with E-state index in [-0.39, 0.29) is 17.0 Å². The van der Waals surface area contributed by atoms with Crippen LogP contribution in [0.1, 0.15) is 23.7 Å². The second-order valence-corrected chi connectivity index (χ2v) is 4.75. The van der Waals surface area contributed by atoms with Crippen LogP contribution in [0.3, 0.4) is 0 Å². The molecular weight excluding hydrogens is 292 g/mol. The van der Waals surface area contributed by atoms with Gasteiger partial charge in [0.2, 0.25) is 5.78 Å². The Labute approximate surface area is 119 Å². The van der Waals surface area contributed by atoms with Crippen molar-refractivity contribution in [2.45, 2.75) is 19.1 Å². The third kappa shape index (κ3) is 2.48. The van der Waals surface area contributed by atoms with Gasteiger partial charge in [0.1, 0.15) is 12.7 Å². The van der Waals surface area contributed by atoms with Crippen LogP contribution in [-0.4, -0.2) is 20.5 Å². The maximum Gasteiger partial charge on any atom is 0.265 e. The van der Waals surface area contributed by atoms with Crippen molar-refractivity contribution >= 4 is 29.0 Å². The number of nitrogens with zero attached hydrogens (tertiary/aromatic N) is 3. The lowest BCUT2D eigenvalue weighted by Crippen LogP contribution is -2.37. The zero-order valence-electron chi connectivity index (χ0n) is 9.98. The number of hydrogen-bond donors (Lipinski definition) is 0. The van der Waals surface area contributed by atoms with Gasteiger partial charge < -0.3 is 0 Å². The summed E-state index contributed by atoms with van der Waals surface area (Å²) in [7, 11) is 0. The topological polar surface area (TPSA) is 47.8 Å². The maximum atomic E-state index is 14.9. The molecule has 19 heavy (non-hydrogen) atoms. The lowest BCUT2D eigenvalue weighted by Gasteiger charge is -2.22. The highest BCUT2D eigenvalue weighted by Gasteiger charge is 2.41. The van der Waals surface area contributed by atoms with E-state index in [9.17, 15) is 9.18 Å². The van der Waals surface area contributed by atoms with E-state index in [4.69, 9.17) is 23.2 Å². The number of benzene rings is 1. The monoisotopic (exact) mass is 301 g/mol. The molecule has 0 saturated carbocycles. The van der Waals surface area contributed by atoms with Gasteiger partial charge in [-0.3, -0.25) is 4.79 Å². The fourth-order valence-corrected chi connectivity index (χ4v) is 2.19. The van der Waals surface area contributed by atoms with Crippen molar-refractivity contribution in [2.75, 3.05) is 0 Å². The number of ketones is 1. The van der Waals surface area contributed by atoms with Gasteiger partial charge >= 0.3 is 0 Å². The van der Waals surface area contributed by atoms with Crippen LogP contribution in [0.5, 0.6) is 0 Å². The first-order valence-corrected chi connectivity index (χ1v) is 6.28. The fourth-order valence-electron chi connectivity index (χ4n) is 1.70. The van der Waals surface area contributed by atoms with E-state index in [2.05, 4.69) is 10.1 Å². The van der Waals surface area contributed by atoms with Crippen LogP contribution >= 0.6 is 23.2 Å². The van der Waals surface area contributed by atoms with E-state index in [1.165, 1.54) is 24.5 Å². The Morgan fingerprint density at radius 1 is 1.47 bits per heavy atom. The molecule has 0 N–H and O–H groups in total. The second kappa shape index (κ2) is 5.27. The third-order valence-corrected chi connectivity index (χ3v) is 3.32. The Bertz CT molecular complexity index is 603. The Morgan fingerprint density at radius 3 is 2.74 bits per heavy atom. The van der Waals surface area contributed by atoms with Crippen LogP contribution in [0.15, 0.2) is 30.9 Å². The van der Waals surface area contributed by atoms with Crippen molar-refractivity contribution in [1.82, 2.24) is 14.8 Å². The SMILES string of the molecule is CCC(F)(C(=O)c1ccc(Cl)cc1Cl)n1cncn1. The van der Waals surface area contributed by atoms with Gasteiger partial charge in [-0.05, 0) is 18.2 Å². The minimum absolute atomic E-state index is 0.0610. The van der Waals surface area contributed by atoms with Crippen LogP contribution in [0.4, 0.5) is 4.39 Å². The number of halogens is 3. The Kier molecular flexibility index (Phi) is 3.87. The average Bonchev–Trinajstić information content (AvgIpc) is 2.91. The van der Waals surface area contributed by atoms with Gasteiger partial charge in [0.25, 0.3) is 5.79 Å². The number of hydrogen-bond acceptors (Lipinski definition) is 3. The van der Waals surface area contributed by atoms with E-state index in [1.807, 2.05) is 0 Å². The molecule has 0 radical (unpaired) electrons. The third-order valence-electron chi connectivity index (χ3n) is 2.77. The lowest BCUT2D eigenvalue weighted by molar-refractivity contribution is 0.0349. The molecule has 0 amide bonds. The molecule has 0 fully saturated rings. The first kappa shape index (κ1) is 14.0. The highest BCUT2D eigenvalue weighted by Crippen LogP contribution is 2.31. The first-order chi connectivity index (χ1) is 8.99. The molecule has 0 bridgehead atoms. The van der Waals surface area contributed by atoms with Gasteiger partial charge in [-0.2, -0.15) is 5.10 Å². The van der Waals surface area contributed by atoms with Crippen molar-refractivity contribution in [3.8, 4) is 0 Å². The van der Waals surface area contributed by atoms with Crippen LogP contribution in [0, 0.1) is 0 Å². The summed E-state index contributed by atoms with van der Waals surface area (Å²) in [6.45, 7) is 1.55. The summed E-state index contributed by atoms with van der Waals surface area (Å²) in [5.74, 6) is -3.09. The van der Waals surface area contributed by atoms with Crippen molar-refractivity contribution < 1.29 is 9.18 Å². The molecule has 2 aromatic rings. The van der Waals surface area contributed by atoms with Gasteiger partial charge in [-0.25, -0.2) is 14.1 Å². The van der Waals surface area contributed by atoms with Crippen LogP contribution in [-0.2, 0) is 5.79 Å². The molecule has 100 valence electrons. The van der Waals surface area contributed by atoms with Gasteiger partial charge in [0.05, 0.1) is 5.02 Å². The summed E-state index contributed by atoms with van der Waals surface area (Å²) in [5, 5.41) is 4.18. The van der Waals surface area contributed by atoms with Crippen LogP contribution < -0.4 is 0 Å². The smallest absolute Gasteiger partial charge is 0.265 e. The minimum atomic E-state index is -2.31. The molecule has 1 unspecified atom stereocenters. The average molecular weight is 302 g/mol. The van der Waals surface area contributed by atoms with Crippen molar-refractivity contribution in [3.05, 3.63) is 46.5 Å². The highest BCUT2D eigenvalue weighted by atomic mass is 35.5. The molecule has 0 spiro atoms. The number of Topliss-reactive ketones (excluding diaryl/α,β-unsaturated/α-hetero) is 1. The molecule has 1 heterocycles. The maximum absolute atomic E-state index is 14.9. The van der Waals surface area contributed by atoms with E-state index in [0.717, 1.165) is 11.0 Å². The van der Waals surface area contributed by atoms with Crippen molar-refractivity contribution in [2.24, 2.45) is 0 Å². The Balaban J connectivity index is 2.47. The molecule has 7 heteroatoms. The minimum Gasteiger partial charge on any atom is -0.288 e. The largest absolute Gasteiger partial charge is 0.288 e. The van der Waals surface area contributed by atoms with Gasteiger partial charge in [0.15, 0.2) is 0 Å². The summed E-state index contributed by atoms with van der Waals surface area (Å²) in [5.41, 5.74) is 0.0610. The van der Waals surface area contributed by atoms with Crippen molar-refractivity contribution in [1.29, 1.82) is 0 Å². The molecule has 1 aromatic carbocycles. The van der Waals surface area contributed by atoms with Gasteiger partial charge in [-0.15, -0.1) is 0 Å². The number of carbonyl (C=O) groups is 1. The molecule has 1 aromatic heterocycles. The second-order valence-electron chi connectivity index (χ2n) is 3.91. The van der Waals surface area contributed by atoms with Crippen molar-refractivity contribution in [3.63, 3.8) is 0 Å².